The SMILES string of the molecule is CCC(CC)(CNC(=O)C1CNc2ccccc2O1)SC. The van der Waals surface area contributed by atoms with Crippen LogP contribution in [0, 0.1) is 0 Å². The summed E-state index contributed by atoms with van der Waals surface area (Å²) >= 11 is 1.82. The molecule has 5 heteroatoms. The van der Waals surface area contributed by atoms with Gasteiger partial charge in [0.25, 0.3) is 5.91 Å². The third kappa shape index (κ3) is 3.64. The summed E-state index contributed by atoms with van der Waals surface area (Å²) in [5.74, 6) is 0.698. The van der Waals surface area contributed by atoms with E-state index in [9.17, 15) is 4.79 Å². The van der Waals surface area contributed by atoms with Gasteiger partial charge in [-0.2, -0.15) is 11.8 Å². The molecule has 0 fully saturated rings. The molecule has 0 aromatic heterocycles. The number of para-hydroxylation sites is 2. The Morgan fingerprint density at radius 1 is 1.43 bits per heavy atom. The highest BCUT2D eigenvalue weighted by atomic mass is 32.2. The van der Waals surface area contributed by atoms with Gasteiger partial charge < -0.3 is 15.4 Å². The van der Waals surface area contributed by atoms with Gasteiger partial charge in [-0.05, 0) is 31.2 Å². The number of benzene rings is 1. The Hall–Kier alpha value is -1.36. The first kappa shape index (κ1) is 16.0. The van der Waals surface area contributed by atoms with Gasteiger partial charge in [0.15, 0.2) is 6.10 Å². The zero-order valence-corrected chi connectivity index (χ0v) is 13.8. The monoisotopic (exact) mass is 308 g/mol. The van der Waals surface area contributed by atoms with Crippen LogP contribution >= 0.6 is 11.8 Å². The molecule has 21 heavy (non-hydrogen) atoms. The quantitative estimate of drug-likeness (QED) is 0.848. The predicted molar refractivity (Wildman–Crippen MR) is 89.2 cm³/mol. The third-order valence-corrected chi connectivity index (χ3v) is 5.82. The van der Waals surface area contributed by atoms with Crippen molar-refractivity contribution in [1.82, 2.24) is 5.32 Å². The molecule has 1 aromatic rings. The fourth-order valence-corrected chi connectivity index (χ4v) is 3.28. The maximum absolute atomic E-state index is 12.3. The largest absolute Gasteiger partial charge is 0.477 e. The van der Waals surface area contributed by atoms with Gasteiger partial charge in [-0.15, -0.1) is 0 Å². The first-order chi connectivity index (χ1) is 10.1. The highest BCUT2D eigenvalue weighted by Crippen LogP contribution is 2.30. The minimum atomic E-state index is -0.465. The summed E-state index contributed by atoms with van der Waals surface area (Å²) in [7, 11) is 0. The number of nitrogens with one attached hydrogen (secondary N) is 2. The minimum absolute atomic E-state index is 0.0441. The maximum atomic E-state index is 12.3. The topological polar surface area (TPSA) is 50.4 Å². The molecule has 0 bridgehead atoms. The lowest BCUT2D eigenvalue weighted by Crippen LogP contribution is -2.48. The van der Waals surface area contributed by atoms with Gasteiger partial charge in [-0.25, -0.2) is 0 Å². The van der Waals surface area contributed by atoms with Crippen LogP contribution in [0.25, 0.3) is 0 Å². The van der Waals surface area contributed by atoms with E-state index < -0.39 is 6.10 Å². The highest BCUT2D eigenvalue weighted by molar-refractivity contribution is 8.00. The van der Waals surface area contributed by atoms with E-state index in [2.05, 4.69) is 30.7 Å². The molecule has 2 N–H and O–H groups in total. The Bertz CT molecular complexity index is 481. The Labute approximate surface area is 131 Å². The zero-order valence-electron chi connectivity index (χ0n) is 12.9. The number of carbonyl (C=O) groups is 1. The van der Waals surface area contributed by atoms with Gasteiger partial charge in [0.1, 0.15) is 5.75 Å². The van der Waals surface area contributed by atoms with Gasteiger partial charge in [0.05, 0.1) is 12.2 Å². The lowest BCUT2D eigenvalue weighted by molar-refractivity contribution is -0.127. The molecule has 0 radical (unpaired) electrons. The van der Waals surface area contributed by atoms with Crippen LogP contribution in [0.15, 0.2) is 24.3 Å². The van der Waals surface area contributed by atoms with Crippen LogP contribution in [0.3, 0.4) is 0 Å². The number of amides is 1. The molecule has 1 aliphatic rings. The number of hydrogen-bond donors (Lipinski definition) is 2. The number of fused-ring (bicyclic) bond motifs is 1. The first-order valence-electron chi connectivity index (χ1n) is 7.46. The van der Waals surface area contributed by atoms with E-state index in [-0.39, 0.29) is 10.7 Å². The van der Waals surface area contributed by atoms with Crippen molar-refractivity contribution in [1.29, 1.82) is 0 Å². The number of carbonyl (C=O) groups excluding carboxylic acids is 1. The molecule has 4 nitrogen and oxygen atoms in total. The molecule has 1 amide bonds. The molecule has 0 aliphatic carbocycles. The van der Waals surface area contributed by atoms with Crippen LogP contribution in [-0.2, 0) is 4.79 Å². The summed E-state index contributed by atoms with van der Waals surface area (Å²) in [4.78, 5) is 12.3. The van der Waals surface area contributed by atoms with Crippen molar-refractivity contribution >= 4 is 23.4 Å². The molecule has 1 atom stereocenters. The van der Waals surface area contributed by atoms with Gasteiger partial charge in [-0.1, -0.05) is 26.0 Å². The summed E-state index contributed by atoms with van der Waals surface area (Å²) < 4.78 is 5.90. The first-order valence-corrected chi connectivity index (χ1v) is 8.69. The van der Waals surface area contributed by atoms with Crippen molar-refractivity contribution in [2.45, 2.75) is 37.5 Å². The van der Waals surface area contributed by atoms with Gasteiger partial charge in [0.2, 0.25) is 0 Å². The molecule has 0 saturated heterocycles. The number of anilines is 1. The number of hydrogen-bond acceptors (Lipinski definition) is 4. The summed E-state index contributed by atoms with van der Waals surface area (Å²) in [6, 6.07) is 7.70. The van der Waals surface area contributed by atoms with Crippen LogP contribution in [0.1, 0.15) is 26.7 Å². The summed E-state index contributed by atoms with van der Waals surface area (Å²) in [5.41, 5.74) is 0.946. The Balaban J connectivity index is 1.93. The van der Waals surface area contributed by atoms with Crippen LogP contribution in [-0.4, -0.2) is 36.1 Å². The van der Waals surface area contributed by atoms with Crippen molar-refractivity contribution in [2.24, 2.45) is 0 Å². The lowest BCUT2D eigenvalue weighted by Gasteiger charge is -2.31. The van der Waals surface area contributed by atoms with Crippen LogP contribution < -0.4 is 15.4 Å². The summed E-state index contributed by atoms with van der Waals surface area (Å²) in [6.45, 7) is 5.52. The van der Waals surface area contributed by atoms with Crippen molar-refractivity contribution in [2.75, 3.05) is 24.7 Å². The minimum Gasteiger partial charge on any atom is -0.477 e. The Morgan fingerprint density at radius 2 is 2.14 bits per heavy atom. The van der Waals surface area contributed by atoms with Crippen molar-refractivity contribution in [3.63, 3.8) is 0 Å². The standard InChI is InChI=1S/C16H24N2O2S/c1-4-16(5-2,21-3)11-18-15(19)14-10-17-12-8-6-7-9-13(12)20-14/h6-9,14,17H,4-5,10-11H2,1-3H3,(H,18,19). The number of thioether (sulfide) groups is 1. The van der Waals surface area contributed by atoms with Gasteiger partial charge in [-0.3, -0.25) is 4.79 Å². The van der Waals surface area contributed by atoms with Crippen LogP contribution in [0.4, 0.5) is 5.69 Å². The summed E-state index contributed by atoms with van der Waals surface area (Å²) in [6.07, 6.45) is 3.72. The molecular weight excluding hydrogens is 284 g/mol. The van der Waals surface area contributed by atoms with E-state index in [1.54, 1.807) is 0 Å². The Kier molecular flexibility index (Phi) is 5.39. The fraction of sp³-hybridized carbons (Fsp3) is 0.562. The van der Waals surface area contributed by atoms with E-state index in [1.165, 1.54) is 0 Å². The normalized spacial score (nSPS) is 17.4. The summed E-state index contributed by atoms with van der Waals surface area (Å²) in [5, 5.41) is 6.29. The second-order valence-corrected chi connectivity index (χ2v) is 6.57. The average Bonchev–Trinajstić information content (AvgIpc) is 2.56. The molecule has 0 spiro atoms. The predicted octanol–water partition coefficient (Wildman–Crippen LogP) is 2.90. The molecular formula is C16H24N2O2S. The number of rotatable bonds is 6. The molecule has 1 heterocycles. The number of ether oxygens (including phenoxy) is 1. The lowest BCUT2D eigenvalue weighted by atomic mass is 10.0. The van der Waals surface area contributed by atoms with E-state index in [4.69, 9.17) is 4.74 Å². The van der Waals surface area contributed by atoms with Crippen molar-refractivity contribution in [3.05, 3.63) is 24.3 Å². The molecule has 1 unspecified atom stereocenters. The third-order valence-electron chi connectivity index (χ3n) is 4.23. The van der Waals surface area contributed by atoms with E-state index in [1.807, 2.05) is 36.0 Å². The van der Waals surface area contributed by atoms with Crippen LogP contribution in [0.2, 0.25) is 0 Å². The Morgan fingerprint density at radius 3 is 2.81 bits per heavy atom. The van der Waals surface area contributed by atoms with Crippen molar-refractivity contribution in [3.8, 4) is 5.75 Å². The van der Waals surface area contributed by atoms with Gasteiger partial charge in [0, 0.05) is 11.3 Å². The molecule has 1 aliphatic heterocycles. The molecule has 1 aromatic carbocycles. The highest BCUT2D eigenvalue weighted by Gasteiger charge is 2.29. The van der Waals surface area contributed by atoms with Crippen molar-refractivity contribution < 1.29 is 9.53 Å². The molecule has 116 valence electrons. The zero-order chi connectivity index (χ0) is 15.3. The second kappa shape index (κ2) is 7.07. The van der Waals surface area contributed by atoms with E-state index >= 15 is 0 Å². The fourth-order valence-electron chi connectivity index (χ4n) is 2.48. The van der Waals surface area contributed by atoms with Gasteiger partial charge >= 0.3 is 0 Å². The molecule has 0 saturated carbocycles. The van der Waals surface area contributed by atoms with Crippen LogP contribution in [0.5, 0.6) is 5.75 Å². The smallest absolute Gasteiger partial charge is 0.262 e. The molecule has 2 rings (SSSR count). The second-order valence-electron chi connectivity index (χ2n) is 5.30. The average molecular weight is 308 g/mol. The van der Waals surface area contributed by atoms with E-state index in [0.717, 1.165) is 24.3 Å². The van der Waals surface area contributed by atoms with E-state index in [0.29, 0.717) is 13.1 Å². The maximum Gasteiger partial charge on any atom is 0.262 e.